The van der Waals surface area contributed by atoms with Crippen LogP contribution < -0.4 is 20.3 Å². The Balaban J connectivity index is 1.03. The van der Waals surface area contributed by atoms with Crippen molar-refractivity contribution in [3.8, 4) is 17.2 Å². The number of anilines is 2. The van der Waals surface area contributed by atoms with E-state index in [0.29, 0.717) is 63.7 Å². The van der Waals surface area contributed by atoms with Gasteiger partial charge >= 0.3 is 6.03 Å². The molecule has 5 aliphatic rings. The lowest BCUT2D eigenvalue weighted by Gasteiger charge is -2.28. The maximum Gasteiger partial charge on any atom is 0.319 e. The SMILES string of the molecule is COc1c(O)c2c(c3cc(C(=O)N4CCc5c4c(O)c(CO)c4[nH]c(C(=O)N6C[C@H]7CC78C6=CC(=O)c6[nH]cc(C)c68)cc54)[nH]c13)CCN2C(N)=O. The summed E-state index contributed by atoms with van der Waals surface area (Å²) < 4.78 is 5.49. The predicted octanol–water partition coefficient (Wildman–Crippen LogP) is 3.34. The lowest BCUT2D eigenvalue weighted by atomic mass is 9.83. The molecule has 2 atom stereocenters. The van der Waals surface area contributed by atoms with Gasteiger partial charge in [-0.15, -0.1) is 0 Å². The minimum atomic E-state index is -0.723. The van der Waals surface area contributed by atoms with Crippen molar-refractivity contribution in [3.63, 3.8) is 0 Å². The molecule has 4 amide bonds. The van der Waals surface area contributed by atoms with Crippen molar-refractivity contribution in [1.29, 1.82) is 0 Å². The van der Waals surface area contributed by atoms with Crippen LogP contribution in [0.25, 0.3) is 21.8 Å². The second kappa shape index (κ2) is 9.97. The van der Waals surface area contributed by atoms with Crippen molar-refractivity contribution < 1.29 is 39.2 Å². The van der Waals surface area contributed by atoms with E-state index < -0.39 is 18.5 Å². The number of benzene rings is 2. The van der Waals surface area contributed by atoms with Gasteiger partial charge in [-0.1, -0.05) is 0 Å². The number of rotatable bonds is 4. The molecule has 3 aromatic heterocycles. The molecule has 0 radical (unpaired) electrons. The number of methoxy groups -OCH3 is 1. The molecule has 0 bridgehead atoms. The Morgan fingerprint density at radius 1 is 0.962 bits per heavy atom. The molecule has 15 nitrogen and oxygen atoms in total. The van der Waals surface area contributed by atoms with E-state index in [1.54, 1.807) is 23.1 Å². The monoisotopic (exact) mass is 703 g/mol. The highest BCUT2D eigenvalue weighted by atomic mass is 16.5. The first kappa shape index (κ1) is 30.6. The summed E-state index contributed by atoms with van der Waals surface area (Å²) in [5, 5.41) is 34.3. The standard InChI is InChI=1S/C37H33N7O8/c1-14-11-39-28-23(46)9-24-37(25(14)28)10-15(37)12-44(24)35(50)22-7-18-16-3-5-42(29(16)31(47)20(13-45)26(18)40-22)34(49)21-8-19-17-4-6-43(36(38)51)30(17)32(48)33(52-2)27(19)41-21/h7-9,11,15,39-41,45,47-48H,3-6,10,12-13H2,1-2H3,(H2,38,51)/t15-,37?/m1/s1. The topological polar surface area (TPSA) is 221 Å². The van der Waals surface area contributed by atoms with E-state index in [1.165, 1.54) is 16.9 Å². The van der Waals surface area contributed by atoms with Gasteiger partial charge < -0.3 is 50.5 Å². The van der Waals surface area contributed by atoms with Gasteiger partial charge in [-0.2, -0.15) is 0 Å². The average Bonchev–Trinajstić information content (AvgIpc) is 3.85. The highest BCUT2D eigenvalue weighted by Crippen LogP contribution is 2.67. The number of aryl methyl sites for hydroxylation is 1. The minimum Gasteiger partial charge on any atom is -0.505 e. The van der Waals surface area contributed by atoms with Gasteiger partial charge in [0, 0.05) is 59.4 Å². The van der Waals surface area contributed by atoms with Crippen molar-refractivity contribution in [1.82, 2.24) is 19.9 Å². The van der Waals surface area contributed by atoms with E-state index in [4.69, 9.17) is 10.5 Å². The van der Waals surface area contributed by atoms with Crippen molar-refractivity contribution in [3.05, 3.63) is 75.0 Å². The summed E-state index contributed by atoms with van der Waals surface area (Å²) in [5.74, 6) is -1.25. The number of piperidine rings is 1. The number of nitrogens with two attached hydrogens (primary N) is 1. The van der Waals surface area contributed by atoms with Crippen molar-refractivity contribution in [2.45, 2.75) is 38.2 Å². The minimum absolute atomic E-state index is 0.0534. The summed E-state index contributed by atoms with van der Waals surface area (Å²) in [6.45, 7) is 2.33. The molecule has 1 spiro atoms. The van der Waals surface area contributed by atoms with Gasteiger partial charge in [0.15, 0.2) is 11.5 Å². The number of aromatic nitrogens is 3. The molecular formula is C37H33N7O8. The zero-order chi connectivity index (χ0) is 36.1. The number of phenols is 2. The normalized spacial score (nSPS) is 21.0. The molecule has 2 aromatic carbocycles. The number of aliphatic hydroxyl groups is 1. The predicted molar refractivity (Wildman–Crippen MR) is 187 cm³/mol. The van der Waals surface area contributed by atoms with E-state index in [9.17, 15) is 34.5 Å². The number of aliphatic hydroxyl groups excluding tert-OH is 1. The number of carbonyl (C=O) groups excluding carboxylic acids is 4. The summed E-state index contributed by atoms with van der Waals surface area (Å²) in [5.41, 5.74) is 11.5. The Morgan fingerprint density at radius 3 is 2.27 bits per heavy atom. The fraction of sp³-hybridized carbons (Fsp3) is 0.297. The molecule has 1 saturated carbocycles. The molecule has 6 heterocycles. The number of primary amides is 1. The van der Waals surface area contributed by atoms with Gasteiger partial charge in [0.2, 0.25) is 5.78 Å². The molecular weight excluding hydrogens is 670 g/mol. The third-order valence-corrected chi connectivity index (χ3v) is 11.9. The Bertz CT molecular complexity index is 2570. The number of likely N-dealkylation sites (tertiary alicyclic amines) is 1. The third-order valence-electron chi connectivity index (χ3n) is 11.9. The van der Waals surface area contributed by atoms with Crippen LogP contribution in [0.3, 0.4) is 0 Å². The Labute approximate surface area is 294 Å². The number of allylic oxidation sites excluding steroid dienone is 2. The maximum absolute atomic E-state index is 14.2. The van der Waals surface area contributed by atoms with E-state index in [-0.39, 0.29) is 81.7 Å². The average molecular weight is 704 g/mol. The second-order valence-electron chi connectivity index (χ2n) is 14.3. The number of hydrogen-bond donors (Lipinski definition) is 7. The van der Waals surface area contributed by atoms with Crippen LogP contribution in [-0.4, -0.2) is 85.5 Å². The Kier molecular flexibility index (Phi) is 5.87. The van der Waals surface area contributed by atoms with Crippen LogP contribution in [0.1, 0.15) is 65.7 Å². The summed E-state index contributed by atoms with van der Waals surface area (Å²) in [6.07, 6.45) is 5.04. The number of fused-ring (bicyclic) bond motifs is 7. The highest BCUT2D eigenvalue weighted by Gasteiger charge is 2.68. The number of nitrogens with zero attached hydrogens (tertiary/aromatic N) is 3. The number of nitrogens with one attached hydrogen (secondary N) is 3. The van der Waals surface area contributed by atoms with E-state index in [0.717, 1.165) is 17.5 Å². The largest absolute Gasteiger partial charge is 0.505 e. The molecule has 1 saturated heterocycles. The van der Waals surface area contributed by atoms with Crippen LogP contribution in [0.15, 0.2) is 30.1 Å². The van der Waals surface area contributed by atoms with Crippen molar-refractivity contribution in [2.75, 3.05) is 36.5 Å². The van der Waals surface area contributed by atoms with E-state index in [1.807, 2.05) is 13.1 Å². The molecule has 15 heteroatoms. The maximum atomic E-state index is 14.2. The first-order chi connectivity index (χ1) is 25.0. The summed E-state index contributed by atoms with van der Waals surface area (Å²) in [4.78, 5) is 67.3. The second-order valence-corrected chi connectivity index (χ2v) is 14.3. The number of ketones is 1. The summed E-state index contributed by atoms with van der Waals surface area (Å²) >= 11 is 0. The number of aromatic amines is 3. The zero-order valence-corrected chi connectivity index (χ0v) is 28.1. The Morgan fingerprint density at radius 2 is 1.60 bits per heavy atom. The third kappa shape index (κ3) is 3.57. The van der Waals surface area contributed by atoms with Crippen molar-refractivity contribution in [2.24, 2.45) is 11.7 Å². The molecule has 2 aliphatic carbocycles. The first-order valence-corrected chi connectivity index (χ1v) is 17.1. The number of phenolic OH excluding ortho intramolecular Hbond substituents is 1. The van der Waals surface area contributed by atoms with Gasteiger partial charge in [0.25, 0.3) is 11.8 Å². The van der Waals surface area contributed by atoms with E-state index >= 15 is 0 Å². The van der Waals surface area contributed by atoms with Gasteiger partial charge in [-0.05, 0) is 66.5 Å². The van der Waals surface area contributed by atoms with Crippen LogP contribution in [0.2, 0.25) is 0 Å². The summed E-state index contributed by atoms with van der Waals surface area (Å²) in [6, 6.07) is 2.61. The first-order valence-electron chi connectivity index (χ1n) is 17.1. The number of urea groups is 1. The number of ether oxygens (including phenoxy) is 1. The lowest BCUT2D eigenvalue weighted by Crippen LogP contribution is -2.34. The number of H-pyrrole nitrogens is 3. The molecule has 8 N–H and O–H groups in total. The highest BCUT2D eigenvalue weighted by molar-refractivity contribution is 6.15. The van der Waals surface area contributed by atoms with E-state index in [2.05, 4.69) is 15.0 Å². The van der Waals surface area contributed by atoms with Crippen LogP contribution in [-0.2, 0) is 24.9 Å². The number of carbonyl (C=O) groups is 4. The summed E-state index contributed by atoms with van der Waals surface area (Å²) in [7, 11) is 1.37. The molecule has 264 valence electrons. The quantitative estimate of drug-likeness (QED) is 0.147. The molecule has 1 unspecified atom stereocenters. The fourth-order valence-electron chi connectivity index (χ4n) is 9.63. The number of amides is 4. The van der Waals surface area contributed by atoms with Crippen LogP contribution >= 0.6 is 0 Å². The smallest absolute Gasteiger partial charge is 0.319 e. The van der Waals surface area contributed by atoms with Gasteiger partial charge in [0.05, 0.1) is 41.8 Å². The molecule has 2 fully saturated rings. The Hall–Kier alpha value is -6.22. The number of hydrogen-bond acceptors (Lipinski definition) is 8. The molecule has 5 aromatic rings. The van der Waals surface area contributed by atoms with Gasteiger partial charge in [0.1, 0.15) is 17.1 Å². The van der Waals surface area contributed by atoms with Crippen LogP contribution in [0, 0.1) is 12.8 Å². The van der Waals surface area contributed by atoms with Gasteiger partial charge in [-0.3, -0.25) is 19.3 Å². The molecule has 3 aliphatic heterocycles. The van der Waals surface area contributed by atoms with Crippen LogP contribution in [0.4, 0.5) is 16.2 Å². The molecule has 10 rings (SSSR count). The zero-order valence-electron chi connectivity index (χ0n) is 28.1. The van der Waals surface area contributed by atoms with Crippen molar-refractivity contribution >= 4 is 56.8 Å². The van der Waals surface area contributed by atoms with Gasteiger partial charge in [-0.25, -0.2) is 4.79 Å². The number of aromatic hydroxyl groups is 2. The fourth-order valence-corrected chi connectivity index (χ4v) is 9.63. The van der Waals surface area contributed by atoms with Crippen LogP contribution in [0.5, 0.6) is 17.2 Å². The molecule has 52 heavy (non-hydrogen) atoms. The lowest BCUT2D eigenvalue weighted by molar-refractivity contribution is 0.0806.